The van der Waals surface area contributed by atoms with Gasteiger partial charge in [0.2, 0.25) is 10.3 Å². The fourth-order valence-corrected chi connectivity index (χ4v) is 10.3. The standard InChI is InChI=1S/C49H56F6N8O9S2/c1-9-60(45(64)62-37-15-11-13-33(29(3)4)41(37)58-43(62)73(67)25-35-31(7)39(17-19-56-35)71-27-48(50,51)52)21-23-69-47(66)70-24-22-61(10-2)46(65)63-38-16-12-14-34(30(5)6)42(38)59-44(63)74(68)26-36-32(8)40(18-20-57-36)72-28-49(53,54)55/h11-20,29-30H,9-10,21-28H2,1-8H3. The number of nitrogens with zero attached hydrogens (tertiary/aromatic N) is 8. The molecule has 0 aliphatic heterocycles. The van der Waals surface area contributed by atoms with Gasteiger partial charge in [0.15, 0.2) is 13.2 Å². The van der Waals surface area contributed by atoms with Crippen LogP contribution in [0.5, 0.6) is 11.5 Å². The monoisotopic (exact) mass is 1080 g/mol. The van der Waals surface area contributed by atoms with Gasteiger partial charge in [0.05, 0.1) is 79.6 Å². The first-order valence-corrected chi connectivity index (χ1v) is 26.0. The van der Waals surface area contributed by atoms with E-state index in [-0.39, 0.29) is 107 Å². The number of para-hydroxylation sites is 2. The van der Waals surface area contributed by atoms with Gasteiger partial charge in [0, 0.05) is 36.6 Å². The Bertz CT molecular complexity index is 2850. The number of amides is 2. The molecule has 2 atom stereocenters. The highest BCUT2D eigenvalue weighted by molar-refractivity contribution is 7.84. The van der Waals surface area contributed by atoms with E-state index in [0.29, 0.717) is 22.1 Å². The Kier molecular flexibility index (Phi) is 18.5. The number of ether oxygens (including phenoxy) is 4. The molecule has 0 N–H and O–H groups in total. The number of aromatic nitrogens is 6. The van der Waals surface area contributed by atoms with Crippen LogP contribution in [0.1, 0.15) is 87.0 Å². The van der Waals surface area contributed by atoms with Crippen LogP contribution in [-0.2, 0) is 42.6 Å². The molecule has 2 unspecified atom stereocenters. The quantitative estimate of drug-likeness (QED) is 0.0519. The van der Waals surface area contributed by atoms with Crippen molar-refractivity contribution in [3.05, 3.63) is 94.6 Å². The maximum absolute atomic E-state index is 14.4. The second kappa shape index (κ2) is 24.1. The number of carbonyl (C=O) groups excluding carboxylic acids is 3. The number of alkyl halides is 6. The molecular weight excluding hydrogens is 1020 g/mol. The summed E-state index contributed by atoms with van der Waals surface area (Å²) in [7, 11) is -4.13. The fourth-order valence-electron chi connectivity index (χ4n) is 7.81. The molecule has 4 heterocycles. The summed E-state index contributed by atoms with van der Waals surface area (Å²) >= 11 is 0. The highest BCUT2D eigenvalue weighted by Crippen LogP contribution is 2.32. The minimum atomic E-state index is -4.59. The molecule has 0 saturated carbocycles. The summed E-state index contributed by atoms with van der Waals surface area (Å²) in [5, 5.41) is -0.264. The summed E-state index contributed by atoms with van der Waals surface area (Å²) in [6, 6.07) is 11.7. The zero-order chi connectivity index (χ0) is 54.2. The van der Waals surface area contributed by atoms with Crippen LogP contribution in [0.3, 0.4) is 0 Å². The Labute approximate surface area is 427 Å². The van der Waals surface area contributed by atoms with Gasteiger partial charge in [-0.2, -0.15) is 26.3 Å². The third-order valence-electron chi connectivity index (χ3n) is 11.7. The van der Waals surface area contributed by atoms with Crippen LogP contribution in [0.25, 0.3) is 22.1 Å². The number of hydrogen-bond acceptors (Lipinski definition) is 13. The minimum absolute atomic E-state index is 0.0512. The molecule has 17 nitrogen and oxygen atoms in total. The smallest absolute Gasteiger partial charge is 0.484 e. The molecule has 2 amide bonds. The molecule has 400 valence electrons. The predicted octanol–water partition coefficient (Wildman–Crippen LogP) is 9.97. The Balaban J connectivity index is 1.14. The molecule has 2 aromatic carbocycles. The highest BCUT2D eigenvalue weighted by atomic mass is 32.2. The molecule has 0 aliphatic carbocycles. The van der Waals surface area contributed by atoms with Crippen LogP contribution in [-0.4, -0.2) is 130 Å². The van der Waals surface area contributed by atoms with Crippen LogP contribution in [0.15, 0.2) is 71.2 Å². The fraction of sp³-hybridized carbons (Fsp3) is 0.449. The molecule has 0 bridgehead atoms. The van der Waals surface area contributed by atoms with Crippen molar-refractivity contribution in [3.63, 3.8) is 0 Å². The van der Waals surface area contributed by atoms with Crippen molar-refractivity contribution in [2.75, 3.05) is 52.6 Å². The number of benzene rings is 2. The lowest BCUT2D eigenvalue weighted by atomic mass is 10.0. The van der Waals surface area contributed by atoms with E-state index >= 15 is 0 Å². The van der Waals surface area contributed by atoms with Gasteiger partial charge in [-0.05, 0) is 74.9 Å². The highest BCUT2D eigenvalue weighted by Gasteiger charge is 2.32. The lowest BCUT2D eigenvalue weighted by molar-refractivity contribution is -0.154. The van der Waals surface area contributed by atoms with E-state index in [2.05, 4.69) is 19.9 Å². The largest absolute Gasteiger partial charge is 0.508 e. The summed E-state index contributed by atoms with van der Waals surface area (Å²) in [6.45, 7) is 10.2. The molecule has 74 heavy (non-hydrogen) atoms. The SMILES string of the molecule is CCN(CCOC(=O)OCCN(CC)C(=O)n1c(S(=O)Cc2nccc(OCC(F)(F)F)c2C)nc2c(C(C)C)cccc21)C(=O)n1c(S(=O)Cc2nccc(OCC(F)(F)F)c2C)nc2c(C(C)C)cccc21. The van der Waals surface area contributed by atoms with Gasteiger partial charge < -0.3 is 28.7 Å². The predicted molar refractivity (Wildman–Crippen MR) is 262 cm³/mol. The lowest BCUT2D eigenvalue weighted by Gasteiger charge is -2.23. The molecule has 0 aliphatic rings. The van der Waals surface area contributed by atoms with Gasteiger partial charge in [-0.25, -0.2) is 33.5 Å². The first-order chi connectivity index (χ1) is 34.9. The maximum atomic E-state index is 14.4. The summed E-state index contributed by atoms with van der Waals surface area (Å²) in [5.41, 5.74) is 3.89. The van der Waals surface area contributed by atoms with Crippen molar-refractivity contribution in [2.24, 2.45) is 0 Å². The summed E-state index contributed by atoms with van der Waals surface area (Å²) in [6.07, 6.45) is -7.82. The number of halogens is 6. The summed E-state index contributed by atoms with van der Waals surface area (Å²) in [5.74, 6) is -0.914. The number of hydrogen-bond donors (Lipinski definition) is 0. The number of likely N-dealkylation sites (N-methyl/N-ethyl adjacent to an activating group) is 2. The average Bonchev–Trinajstić information content (AvgIpc) is 3.94. The van der Waals surface area contributed by atoms with Crippen LogP contribution in [0, 0.1) is 13.8 Å². The number of rotatable bonds is 20. The van der Waals surface area contributed by atoms with E-state index in [9.17, 15) is 49.1 Å². The van der Waals surface area contributed by atoms with E-state index in [1.807, 2.05) is 39.8 Å². The van der Waals surface area contributed by atoms with Crippen LogP contribution < -0.4 is 9.47 Å². The van der Waals surface area contributed by atoms with Crippen molar-refractivity contribution in [1.82, 2.24) is 38.9 Å². The molecule has 0 radical (unpaired) electrons. The molecule has 6 rings (SSSR count). The van der Waals surface area contributed by atoms with E-state index < -0.39 is 65.4 Å². The Morgan fingerprint density at radius 3 is 1.34 bits per heavy atom. The lowest BCUT2D eigenvalue weighted by Crippen LogP contribution is -2.39. The molecule has 25 heteroatoms. The third kappa shape index (κ3) is 13.6. The molecule has 0 saturated heterocycles. The first-order valence-electron chi connectivity index (χ1n) is 23.4. The topological polar surface area (TPSA) is 190 Å². The second-order valence-electron chi connectivity index (χ2n) is 17.4. The zero-order valence-electron chi connectivity index (χ0n) is 41.8. The summed E-state index contributed by atoms with van der Waals surface area (Å²) in [4.78, 5) is 62.2. The molecular formula is C49H56F6N8O9S2. The van der Waals surface area contributed by atoms with Crippen LogP contribution in [0.4, 0.5) is 40.7 Å². The van der Waals surface area contributed by atoms with Gasteiger partial charge in [-0.1, -0.05) is 52.0 Å². The van der Waals surface area contributed by atoms with E-state index in [0.717, 1.165) is 11.1 Å². The molecule has 6 aromatic rings. The van der Waals surface area contributed by atoms with Crippen molar-refractivity contribution in [3.8, 4) is 11.5 Å². The second-order valence-corrected chi connectivity index (χ2v) is 20.1. The van der Waals surface area contributed by atoms with Crippen LogP contribution in [0.2, 0.25) is 0 Å². The average molecular weight is 1080 g/mol. The number of imidazole rings is 2. The molecule has 0 fully saturated rings. The van der Waals surface area contributed by atoms with E-state index in [4.69, 9.17) is 18.9 Å². The van der Waals surface area contributed by atoms with Gasteiger partial charge in [-0.15, -0.1) is 0 Å². The minimum Gasteiger partial charge on any atom is -0.484 e. The van der Waals surface area contributed by atoms with E-state index in [1.54, 1.807) is 38.1 Å². The number of carbonyl (C=O) groups is 3. The third-order valence-corrected chi connectivity index (χ3v) is 14.1. The first kappa shape index (κ1) is 56.7. The Morgan fingerprint density at radius 2 is 1.00 bits per heavy atom. The normalized spacial score (nSPS) is 12.9. The summed E-state index contributed by atoms with van der Waals surface area (Å²) < 4.78 is 129. The molecule has 0 spiro atoms. The Morgan fingerprint density at radius 1 is 0.622 bits per heavy atom. The van der Waals surface area contributed by atoms with Crippen molar-refractivity contribution < 1.29 is 68.1 Å². The Hall–Kier alpha value is -6.63. The molecule has 4 aromatic heterocycles. The van der Waals surface area contributed by atoms with Crippen molar-refractivity contribution >= 4 is 61.9 Å². The number of pyridine rings is 2. The van der Waals surface area contributed by atoms with Crippen LogP contribution >= 0.6 is 0 Å². The zero-order valence-corrected chi connectivity index (χ0v) is 43.5. The van der Waals surface area contributed by atoms with Gasteiger partial charge in [0.1, 0.15) is 24.7 Å². The number of fused-ring (bicyclic) bond motifs is 2. The van der Waals surface area contributed by atoms with E-state index in [1.165, 1.54) is 57.3 Å². The van der Waals surface area contributed by atoms with Crippen molar-refractivity contribution in [2.45, 2.75) is 101 Å². The van der Waals surface area contributed by atoms with Gasteiger partial charge in [0.25, 0.3) is 0 Å². The maximum Gasteiger partial charge on any atom is 0.508 e. The van der Waals surface area contributed by atoms with Gasteiger partial charge in [-0.3, -0.25) is 18.4 Å². The van der Waals surface area contributed by atoms with Gasteiger partial charge >= 0.3 is 30.6 Å². The van der Waals surface area contributed by atoms with Crippen molar-refractivity contribution in [1.29, 1.82) is 0 Å².